The van der Waals surface area contributed by atoms with E-state index < -0.39 is 5.97 Å². The second-order valence-corrected chi connectivity index (χ2v) is 8.75. The summed E-state index contributed by atoms with van der Waals surface area (Å²) in [7, 11) is 1.78. The number of aliphatic carboxylic acids is 1. The SMILES string of the molecule is Cn1nc(C(C)(C)C)cc1C(=O)Nc1ccc(C2CCC(C(=O)O)CC2)cc1. The number of nitrogens with zero attached hydrogens (tertiary/aromatic N) is 2. The van der Waals surface area contributed by atoms with Crippen molar-refractivity contribution in [2.45, 2.75) is 57.8 Å². The molecule has 1 heterocycles. The molecule has 1 amide bonds. The Morgan fingerprint density at radius 1 is 1.11 bits per heavy atom. The Labute approximate surface area is 166 Å². The summed E-state index contributed by atoms with van der Waals surface area (Å²) in [6.45, 7) is 6.21. The lowest BCUT2D eigenvalue weighted by Gasteiger charge is -2.26. The first-order chi connectivity index (χ1) is 13.1. The maximum Gasteiger partial charge on any atom is 0.306 e. The van der Waals surface area contributed by atoms with Crippen LogP contribution in [-0.2, 0) is 17.3 Å². The smallest absolute Gasteiger partial charge is 0.306 e. The normalized spacial score (nSPS) is 20.0. The highest BCUT2D eigenvalue weighted by atomic mass is 16.4. The number of aromatic nitrogens is 2. The molecule has 1 aliphatic rings. The fraction of sp³-hybridized carbons (Fsp3) is 0.500. The Hall–Kier alpha value is -2.63. The van der Waals surface area contributed by atoms with Crippen LogP contribution in [0.3, 0.4) is 0 Å². The van der Waals surface area contributed by atoms with Crippen molar-refractivity contribution < 1.29 is 14.7 Å². The molecule has 6 heteroatoms. The Balaban J connectivity index is 1.64. The zero-order valence-corrected chi connectivity index (χ0v) is 17.0. The van der Waals surface area contributed by atoms with Crippen LogP contribution in [0.25, 0.3) is 0 Å². The zero-order valence-electron chi connectivity index (χ0n) is 17.0. The molecule has 28 heavy (non-hydrogen) atoms. The lowest BCUT2D eigenvalue weighted by atomic mass is 9.79. The van der Waals surface area contributed by atoms with Crippen LogP contribution < -0.4 is 5.32 Å². The van der Waals surface area contributed by atoms with E-state index in [0.717, 1.165) is 37.1 Å². The van der Waals surface area contributed by atoms with Crippen LogP contribution in [0.2, 0.25) is 0 Å². The molecule has 0 unspecified atom stereocenters. The van der Waals surface area contributed by atoms with Crippen molar-refractivity contribution in [2.75, 3.05) is 5.32 Å². The molecule has 150 valence electrons. The van der Waals surface area contributed by atoms with E-state index in [-0.39, 0.29) is 17.2 Å². The van der Waals surface area contributed by atoms with Gasteiger partial charge in [0.1, 0.15) is 5.69 Å². The molecule has 1 aliphatic carbocycles. The third kappa shape index (κ3) is 4.43. The second-order valence-electron chi connectivity index (χ2n) is 8.75. The van der Waals surface area contributed by atoms with E-state index in [2.05, 4.69) is 31.2 Å². The van der Waals surface area contributed by atoms with Gasteiger partial charge >= 0.3 is 5.97 Å². The van der Waals surface area contributed by atoms with Crippen molar-refractivity contribution in [3.63, 3.8) is 0 Å². The van der Waals surface area contributed by atoms with Crippen LogP contribution >= 0.6 is 0 Å². The first-order valence-corrected chi connectivity index (χ1v) is 9.84. The summed E-state index contributed by atoms with van der Waals surface area (Å²) in [6.07, 6.45) is 3.25. The molecule has 0 bridgehead atoms. The van der Waals surface area contributed by atoms with E-state index in [4.69, 9.17) is 5.11 Å². The monoisotopic (exact) mass is 383 g/mol. The first-order valence-electron chi connectivity index (χ1n) is 9.84. The van der Waals surface area contributed by atoms with Gasteiger partial charge < -0.3 is 10.4 Å². The van der Waals surface area contributed by atoms with Crippen molar-refractivity contribution in [3.05, 3.63) is 47.3 Å². The van der Waals surface area contributed by atoms with E-state index in [1.54, 1.807) is 11.7 Å². The number of anilines is 1. The number of carboxylic acids is 1. The molecule has 1 fully saturated rings. The summed E-state index contributed by atoms with van der Waals surface area (Å²) in [5.41, 5.74) is 3.25. The van der Waals surface area contributed by atoms with Gasteiger partial charge in [-0.3, -0.25) is 14.3 Å². The van der Waals surface area contributed by atoms with Crippen LogP contribution in [0.4, 0.5) is 5.69 Å². The molecular formula is C22H29N3O3. The molecule has 0 radical (unpaired) electrons. The number of aryl methyl sites for hydroxylation is 1. The number of carbonyl (C=O) groups is 2. The summed E-state index contributed by atoms with van der Waals surface area (Å²) in [5, 5.41) is 16.5. The number of nitrogens with one attached hydrogen (secondary N) is 1. The van der Waals surface area contributed by atoms with Crippen molar-refractivity contribution in [3.8, 4) is 0 Å². The average molecular weight is 383 g/mol. The van der Waals surface area contributed by atoms with Crippen LogP contribution in [0, 0.1) is 5.92 Å². The van der Waals surface area contributed by atoms with Gasteiger partial charge in [-0.25, -0.2) is 0 Å². The lowest BCUT2D eigenvalue weighted by Crippen LogP contribution is -2.20. The van der Waals surface area contributed by atoms with Crippen LogP contribution in [0.5, 0.6) is 0 Å². The number of benzene rings is 1. The third-order valence-corrected chi connectivity index (χ3v) is 5.60. The van der Waals surface area contributed by atoms with Crippen molar-refractivity contribution >= 4 is 17.6 Å². The van der Waals surface area contributed by atoms with Gasteiger partial charge in [0.15, 0.2) is 0 Å². The molecule has 2 aromatic rings. The van der Waals surface area contributed by atoms with Crippen molar-refractivity contribution in [2.24, 2.45) is 13.0 Å². The molecule has 2 N–H and O–H groups in total. The molecule has 1 aromatic carbocycles. The van der Waals surface area contributed by atoms with E-state index >= 15 is 0 Å². The first kappa shape index (κ1) is 20.1. The van der Waals surface area contributed by atoms with Gasteiger partial charge in [-0.1, -0.05) is 32.9 Å². The van der Waals surface area contributed by atoms with Crippen molar-refractivity contribution in [1.82, 2.24) is 9.78 Å². The fourth-order valence-electron chi connectivity index (χ4n) is 3.75. The van der Waals surface area contributed by atoms with Gasteiger partial charge in [-0.15, -0.1) is 0 Å². The largest absolute Gasteiger partial charge is 0.481 e. The minimum absolute atomic E-state index is 0.114. The molecule has 3 rings (SSSR count). The zero-order chi connectivity index (χ0) is 20.5. The van der Waals surface area contributed by atoms with Gasteiger partial charge in [0.2, 0.25) is 0 Å². The topological polar surface area (TPSA) is 84.2 Å². The average Bonchev–Trinajstić information content (AvgIpc) is 3.05. The van der Waals surface area contributed by atoms with E-state index in [9.17, 15) is 9.59 Å². The standard InChI is InChI=1S/C22H29N3O3/c1-22(2,3)19-13-18(25(4)24-19)20(26)23-17-11-9-15(10-12-17)14-5-7-16(8-6-14)21(27)28/h9-14,16H,5-8H2,1-4H3,(H,23,26)(H,27,28). The second kappa shape index (κ2) is 7.78. The number of carboxylic acid groups (broad SMARTS) is 1. The van der Waals surface area contributed by atoms with Gasteiger partial charge in [0, 0.05) is 18.2 Å². The van der Waals surface area contributed by atoms with Gasteiger partial charge in [0.05, 0.1) is 11.6 Å². The Kier molecular flexibility index (Phi) is 5.59. The molecular weight excluding hydrogens is 354 g/mol. The summed E-state index contributed by atoms with van der Waals surface area (Å²) >= 11 is 0. The molecule has 0 atom stereocenters. The lowest BCUT2D eigenvalue weighted by molar-refractivity contribution is -0.142. The third-order valence-electron chi connectivity index (χ3n) is 5.60. The van der Waals surface area contributed by atoms with Crippen LogP contribution in [0.1, 0.15) is 74.1 Å². The number of carbonyl (C=O) groups excluding carboxylic acids is 1. The Bertz CT molecular complexity index is 854. The number of amides is 1. The van der Waals surface area contributed by atoms with Crippen LogP contribution in [-0.4, -0.2) is 26.8 Å². The summed E-state index contributed by atoms with van der Waals surface area (Å²) in [5.74, 6) is -0.667. The number of hydrogen-bond acceptors (Lipinski definition) is 3. The Morgan fingerprint density at radius 3 is 2.21 bits per heavy atom. The summed E-state index contributed by atoms with van der Waals surface area (Å²) in [6, 6.07) is 9.73. The van der Waals surface area contributed by atoms with Gasteiger partial charge in [-0.2, -0.15) is 5.10 Å². The molecule has 1 saturated carbocycles. The summed E-state index contributed by atoms with van der Waals surface area (Å²) in [4.78, 5) is 23.7. The minimum Gasteiger partial charge on any atom is -0.481 e. The fourth-order valence-corrected chi connectivity index (χ4v) is 3.75. The van der Waals surface area contributed by atoms with Gasteiger partial charge in [-0.05, 0) is 55.4 Å². The minimum atomic E-state index is -0.679. The van der Waals surface area contributed by atoms with E-state index in [1.807, 2.05) is 30.3 Å². The van der Waals surface area contributed by atoms with E-state index in [0.29, 0.717) is 11.6 Å². The van der Waals surface area contributed by atoms with Crippen LogP contribution in [0.15, 0.2) is 30.3 Å². The molecule has 6 nitrogen and oxygen atoms in total. The summed E-state index contributed by atoms with van der Waals surface area (Å²) < 4.78 is 1.62. The highest BCUT2D eigenvalue weighted by molar-refractivity contribution is 6.03. The molecule has 0 aliphatic heterocycles. The predicted molar refractivity (Wildman–Crippen MR) is 109 cm³/mol. The highest BCUT2D eigenvalue weighted by Crippen LogP contribution is 2.36. The highest BCUT2D eigenvalue weighted by Gasteiger charge is 2.27. The quantitative estimate of drug-likeness (QED) is 0.823. The molecule has 0 saturated heterocycles. The molecule has 0 spiro atoms. The van der Waals surface area contributed by atoms with Gasteiger partial charge in [0.25, 0.3) is 5.91 Å². The maximum atomic E-state index is 12.6. The predicted octanol–water partition coefficient (Wildman–Crippen LogP) is 4.33. The maximum absolute atomic E-state index is 12.6. The Morgan fingerprint density at radius 2 is 1.71 bits per heavy atom. The number of hydrogen-bond donors (Lipinski definition) is 2. The molecule has 1 aromatic heterocycles. The van der Waals surface area contributed by atoms with E-state index in [1.165, 1.54) is 5.56 Å². The van der Waals surface area contributed by atoms with Crippen molar-refractivity contribution in [1.29, 1.82) is 0 Å². The number of rotatable bonds is 4.